The molecule has 33 heavy (non-hydrogen) atoms. The summed E-state index contributed by atoms with van der Waals surface area (Å²) in [5, 5.41) is -0.654. The zero-order chi connectivity index (χ0) is 25.2. The number of nitrogens with one attached hydrogen (secondary N) is 1. The third-order valence-corrected chi connectivity index (χ3v) is 6.75. The average Bonchev–Trinajstić information content (AvgIpc) is 2.98. The van der Waals surface area contributed by atoms with E-state index in [1.54, 1.807) is 0 Å². The van der Waals surface area contributed by atoms with Gasteiger partial charge in [0.05, 0.1) is 21.2 Å². The number of ether oxygens (including phenoxy) is 2. The summed E-state index contributed by atoms with van der Waals surface area (Å²) in [5.74, 6) is -3.69. The van der Waals surface area contributed by atoms with Crippen molar-refractivity contribution >= 4 is 49.2 Å². The summed E-state index contributed by atoms with van der Waals surface area (Å²) >= 11 is 1.33. The lowest BCUT2D eigenvalue weighted by Crippen LogP contribution is -2.22. The van der Waals surface area contributed by atoms with E-state index in [0.717, 1.165) is 11.8 Å². The van der Waals surface area contributed by atoms with E-state index in [0.29, 0.717) is 23.5 Å². The molecule has 0 bridgehead atoms. The van der Waals surface area contributed by atoms with Crippen LogP contribution in [0, 0.1) is 6.92 Å². The Kier molecular flexibility index (Phi) is 7.90. The van der Waals surface area contributed by atoms with E-state index in [1.807, 2.05) is 4.72 Å². The summed E-state index contributed by atoms with van der Waals surface area (Å²) in [6.45, 7) is 2.64. The van der Waals surface area contributed by atoms with Gasteiger partial charge in [-0.3, -0.25) is 14.3 Å². The van der Waals surface area contributed by atoms with Crippen LogP contribution in [0.4, 0.5) is 31.5 Å². The molecule has 1 N–H and O–H groups in total. The fraction of sp³-hybridized carbons (Fsp3) is 0.312. The molecule has 182 valence electrons. The largest absolute Gasteiger partial charge is 0.573 e. The molecule has 0 atom stereocenters. The number of hydrogen-bond acceptors (Lipinski definition) is 9. The Labute approximate surface area is 190 Å². The molecule has 1 aromatic heterocycles. The van der Waals surface area contributed by atoms with Crippen LogP contribution in [-0.4, -0.2) is 42.8 Å². The van der Waals surface area contributed by atoms with Gasteiger partial charge in [-0.25, -0.2) is 13.4 Å². The Hall–Kier alpha value is -2.53. The number of aromatic nitrogens is 1. The van der Waals surface area contributed by atoms with Crippen molar-refractivity contribution < 1.29 is 53.8 Å². The van der Waals surface area contributed by atoms with Crippen molar-refractivity contribution in [2.45, 2.75) is 31.5 Å². The number of hydrogen-bond donors (Lipinski definition) is 1. The number of nitrogens with zero attached hydrogens (tertiary/aromatic N) is 1. The summed E-state index contributed by atoms with van der Waals surface area (Å²) in [7, 11) is -4.66. The minimum Gasteiger partial charge on any atom is -0.402 e. The van der Waals surface area contributed by atoms with Gasteiger partial charge in [-0.15, -0.1) is 26.3 Å². The normalized spacial score (nSPS) is 12.4. The van der Waals surface area contributed by atoms with Crippen LogP contribution in [0.15, 0.2) is 23.1 Å². The smallest absolute Gasteiger partial charge is 0.402 e. The standard InChI is InChI=1S/C16H12F6N2O6S3/c1-7-13(10(26)6-31-8(2)25)32-14(23-7)24-33(27,28)9-3-4-11(29-15(17,18)19)12(5-9)30-16(20,21)22/h3-5H,6H2,1-2H3,(H,23,24). The van der Waals surface area contributed by atoms with E-state index in [-0.39, 0.29) is 32.6 Å². The van der Waals surface area contributed by atoms with Gasteiger partial charge in [-0.05, 0) is 19.1 Å². The SMILES string of the molecule is CC(=O)SCC(=O)c1sc(NS(=O)(=O)c2ccc(OC(F)(F)F)c(OC(F)(F)F)c2)nc1C. The molecule has 0 unspecified atom stereocenters. The third-order valence-electron chi connectivity index (χ3n) is 3.35. The number of thiazole rings is 1. The van der Waals surface area contributed by atoms with Crippen molar-refractivity contribution in [2.24, 2.45) is 0 Å². The second-order valence-electron chi connectivity index (χ2n) is 5.95. The van der Waals surface area contributed by atoms with Gasteiger partial charge in [0.2, 0.25) is 0 Å². The topological polar surface area (TPSA) is 112 Å². The molecular weight excluding hydrogens is 526 g/mol. The highest BCUT2D eigenvalue weighted by Gasteiger charge is 2.37. The zero-order valence-corrected chi connectivity index (χ0v) is 18.8. The molecule has 2 aromatic rings. The molecule has 2 rings (SSSR count). The Morgan fingerprint density at radius 2 is 1.67 bits per heavy atom. The molecule has 0 spiro atoms. The minimum atomic E-state index is -5.45. The van der Waals surface area contributed by atoms with Crippen LogP contribution in [0.1, 0.15) is 22.3 Å². The van der Waals surface area contributed by atoms with Crippen LogP contribution in [0.3, 0.4) is 0 Å². The first-order chi connectivity index (χ1) is 15.0. The molecule has 1 aromatic carbocycles. The second kappa shape index (κ2) is 9.76. The van der Waals surface area contributed by atoms with Crippen molar-refractivity contribution in [1.82, 2.24) is 4.98 Å². The lowest BCUT2D eigenvalue weighted by atomic mass is 10.3. The van der Waals surface area contributed by atoms with Crippen molar-refractivity contribution in [2.75, 3.05) is 10.5 Å². The summed E-state index contributed by atoms with van der Waals surface area (Å²) in [4.78, 5) is 26.1. The lowest BCUT2D eigenvalue weighted by molar-refractivity contribution is -0.287. The van der Waals surface area contributed by atoms with Crippen molar-refractivity contribution in [1.29, 1.82) is 0 Å². The highest BCUT2D eigenvalue weighted by Crippen LogP contribution is 2.38. The highest BCUT2D eigenvalue weighted by molar-refractivity contribution is 8.14. The zero-order valence-electron chi connectivity index (χ0n) is 16.3. The number of aryl methyl sites for hydroxylation is 1. The first-order valence-electron chi connectivity index (χ1n) is 8.29. The number of rotatable bonds is 8. The molecule has 0 amide bonds. The van der Waals surface area contributed by atoms with Crippen LogP contribution < -0.4 is 14.2 Å². The number of alkyl halides is 6. The van der Waals surface area contributed by atoms with E-state index in [1.165, 1.54) is 13.8 Å². The summed E-state index contributed by atoms with van der Waals surface area (Å²) < 4.78 is 109. The number of carbonyl (C=O) groups excluding carboxylic acids is 2. The molecule has 0 saturated carbocycles. The number of sulfonamides is 1. The van der Waals surface area contributed by atoms with Crippen molar-refractivity contribution in [3.05, 3.63) is 28.8 Å². The fourth-order valence-corrected chi connectivity index (χ4v) is 4.90. The summed E-state index contributed by atoms with van der Waals surface area (Å²) in [5.41, 5.74) is 0.127. The Balaban J connectivity index is 2.34. The molecule has 0 saturated heterocycles. The van der Waals surface area contributed by atoms with Crippen LogP contribution in [-0.2, 0) is 14.8 Å². The van der Waals surface area contributed by atoms with Crippen molar-refractivity contribution in [3.8, 4) is 11.5 Å². The maximum Gasteiger partial charge on any atom is 0.573 e. The predicted molar refractivity (Wildman–Crippen MR) is 105 cm³/mol. The van der Waals surface area contributed by atoms with Gasteiger partial charge >= 0.3 is 12.7 Å². The summed E-state index contributed by atoms with van der Waals surface area (Å²) in [6, 6.07) is 1.08. The highest BCUT2D eigenvalue weighted by atomic mass is 32.2. The van der Waals surface area contributed by atoms with E-state index >= 15 is 0 Å². The number of ketones is 1. The minimum absolute atomic E-state index is 0.0384. The van der Waals surface area contributed by atoms with Gasteiger partial charge in [-0.2, -0.15) is 0 Å². The van der Waals surface area contributed by atoms with Crippen LogP contribution in [0.25, 0.3) is 0 Å². The molecule has 17 heteroatoms. The maximum atomic E-state index is 12.6. The van der Waals surface area contributed by atoms with Gasteiger partial charge < -0.3 is 9.47 Å². The van der Waals surface area contributed by atoms with Crippen molar-refractivity contribution in [3.63, 3.8) is 0 Å². The molecule has 8 nitrogen and oxygen atoms in total. The van der Waals surface area contributed by atoms with Crippen LogP contribution in [0.5, 0.6) is 11.5 Å². The number of halogens is 6. The van der Waals surface area contributed by atoms with E-state index in [9.17, 15) is 44.3 Å². The second-order valence-corrected chi connectivity index (χ2v) is 9.78. The fourth-order valence-electron chi connectivity index (χ4n) is 2.17. The number of thioether (sulfide) groups is 1. The molecule has 0 aliphatic rings. The van der Waals surface area contributed by atoms with Gasteiger partial charge in [0, 0.05) is 13.0 Å². The first-order valence-corrected chi connectivity index (χ1v) is 11.6. The lowest BCUT2D eigenvalue weighted by Gasteiger charge is -2.16. The molecular formula is C16H12F6N2O6S3. The van der Waals surface area contributed by atoms with Gasteiger partial charge in [-0.1, -0.05) is 23.1 Å². The third kappa shape index (κ3) is 8.08. The maximum absolute atomic E-state index is 12.6. The molecule has 0 aliphatic carbocycles. The van der Waals surface area contributed by atoms with Gasteiger partial charge in [0.15, 0.2) is 27.5 Å². The molecule has 0 radical (unpaired) electrons. The van der Waals surface area contributed by atoms with E-state index in [2.05, 4.69) is 14.5 Å². The number of benzene rings is 1. The number of carbonyl (C=O) groups is 2. The average molecular weight is 538 g/mol. The summed E-state index contributed by atoms with van der Waals surface area (Å²) in [6.07, 6.45) is -10.8. The van der Waals surface area contributed by atoms with Crippen LogP contribution in [0.2, 0.25) is 0 Å². The predicted octanol–water partition coefficient (Wildman–Crippen LogP) is 4.51. The van der Waals surface area contributed by atoms with E-state index < -0.39 is 44.9 Å². The molecule has 1 heterocycles. The quantitative estimate of drug-likeness (QED) is 0.386. The first kappa shape index (κ1) is 26.7. The van der Waals surface area contributed by atoms with Gasteiger partial charge in [0.25, 0.3) is 10.0 Å². The van der Waals surface area contributed by atoms with Crippen LogP contribution >= 0.6 is 23.1 Å². The number of anilines is 1. The van der Waals surface area contributed by atoms with Gasteiger partial charge in [0.1, 0.15) is 0 Å². The number of Topliss-reactive ketones (excluding diaryl/α,β-unsaturated/α-hetero) is 1. The Bertz CT molecular complexity index is 1160. The Morgan fingerprint density at radius 1 is 1.09 bits per heavy atom. The van der Waals surface area contributed by atoms with E-state index in [4.69, 9.17) is 0 Å². The molecule has 0 fully saturated rings. The monoisotopic (exact) mass is 538 g/mol. The molecule has 0 aliphatic heterocycles. The Morgan fingerprint density at radius 3 is 2.21 bits per heavy atom.